The summed E-state index contributed by atoms with van der Waals surface area (Å²) in [5.41, 5.74) is 2.16. The summed E-state index contributed by atoms with van der Waals surface area (Å²) in [5.74, 6) is 0.210. The highest BCUT2D eigenvalue weighted by Gasteiger charge is 2.34. The van der Waals surface area contributed by atoms with Crippen LogP contribution in [0.3, 0.4) is 0 Å². The molecular formula is C25H26F3N5O. The molecule has 4 rings (SSSR count). The second-order valence-corrected chi connectivity index (χ2v) is 8.62. The molecule has 1 amide bonds. The number of benzene rings is 1. The summed E-state index contributed by atoms with van der Waals surface area (Å²) >= 11 is 0. The van der Waals surface area contributed by atoms with Crippen LogP contribution in [0, 0.1) is 12.8 Å². The highest BCUT2D eigenvalue weighted by Crippen LogP contribution is 2.30. The van der Waals surface area contributed by atoms with Gasteiger partial charge in [-0.05, 0) is 43.9 Å². The molecule has 0 bridgehead atoms. The number of halogens is 3. The number of amides is 1. The van der Waals surface area contributed by atoms with Crippen molar-refractivity contribution in [1.29, 1.82) is 0 Å². The third kappa shape index (κ3) is 5.18. The Labute approximate surface area is 196 Å². The van der Waals surface area contributed by atoms with Gasteiger partial charge in [-0.1, -0.05) is 30.7 Å². The van der Waals surface area contributed by atoms with Crippen molar-refractivity contribution in [3.63, 3.8) is 0 Å². The Morgan fingerprint density at radius 2 is 1.91 bits per heavy atom. The zero-order valence-electron chi connectivity index (χ0n) is 19.0. The van der Waals surface area contributed by atoms with Crippen LogP contribution in [-0.2, 0) is 6.18 Å². The molecular weight excluding hydrogens is 443 g/mol. The number of carbonyl (C=O) groups excluding carboxylic acids is 1. The van der Waals surface area contributed by atoms with Gasteiger partial charge in [-0.25, -0.2) is 9.97 Å². The number of hydrogen-bond acceptors (Lipinski definition) is 5. The topological polar surface area (TPSA) is 71.0 Å². The minimum atomic E-state index is -4.49. The predicted octanol–water partition coefficient (Wildman–Crippen LogP) is 5.22. The Bertz CT molecular complexity index is 1140. The minimum Gasteiger partial charge on any atom is -0.352 e. The van der Waals surface area contributed by atoms with Crippen LogP contribution >= 0.6 is 0 Å². The molecule has 0 radical (unpaired) electrons. The van der Waals surface area contributed by atoms with E-state index in [9.17, 15) is 18.0 Å². The third-order valence-electron chi connectivity index (χ3n) is 6.17. The molecule has 0 spiro atoms. The fourth-order valence-electron chi connectivity index (χ4n) is 4.31. The molecule has 34 heavy (non-hydrogen) atoms. The van der Waals surface area contributed by atoms with Gasteiger partial charge in [0.05, 0.1) is 17.3 Å². The molecule has 0 saturated carbocycles. The zero-order valence-corrected chi connectivity index (χ0v) is 19.0. The molecule has 0 unspecified atom stereocenters. The maximum Gasteiger partial charge on any atom is 0.419 e. The average molecular weight is 470 g/mol. The smallest absolute Gasteiger partial charge is 0.352 e. The van der Waals surface area contributed by atoms with E-state index in [1.165, 1.54) is 0 Å². The summed E-state index contributed by atoms with van der Waals surface area (Å²) < 4.78 is 38.4. The number of nitrogens with one attached hydrogen (secondary N) is 1. The van der Waals surface area contributed by atoms with Crippen molar-refractivity contribution in [3.05, 3.63) is 71.7 Å². The molecule has 1 N–H and O–H groups in total. The zero-order chi connectivity index (χ0) is 24.3. The van der Waals surface area contributed by atoms with Gasteiger partial charge >= 0.3 is 6.18 Å². The van der Waals surface area contributed by atoms with Crippen molar-refractivity contribution in [2.75, 3.05) is 18.4 Å². The highest BCUT2D eigenvalue weighted by atomic mass is 19.4. The number of rotatable bonds is 5. The number of likely N-dealkylation sites (tertiary alicyclic amines) is 1. The second kappa shape index (κ2) is 9.79. The molecule has 1 fully saturated rings. The largest absolute Gasteiger partial charge is 0.419 e. The van der Waals surface area contributed by atoms with Gasteiger partial charge < -0.3 is 10.2 Å². The third-order valence-corrected chi connectivity index (χ3v) is 6.17. The monoisotopic (exact) mass is 469 g/mol. The van der Waals surface area contributed by atoms with Gasteiger partial charge in [0.1, 0.15) is 0 Å². The van der Waals surface area contributed by atoms with E-state index in [2.05, 4.69) is 27.2 Å². The SMILES string of the molecule is Cc1ccc(-c2ccccn2)c(C(=O)N2CCC[C@@H](C)[C@H]2CNc2ncc(C(F)(F)F)cn2)c1. The maximum atomic E-state index is 13.8. The molecule has 1 aromatic carbocycles. The minimum absolute atomic E-state index is 0.0870. The maximum absolute atomic E-state index is 13.8. The summed E-state index contributed by atoms with van der Waals surface area (Å²) in [6, 6.07) is 11.2. The van der Waals surface area contributed by atoms with Crippen LogP contribution in [0.5, 0.6) is 0 Å². The molecule has 2 atom stereocenters. The first kappa shape index (κ1) is 23.7. The van der Waals surface area contributed by atoms with E-state index in [4.69, 9.17) is 0 Å². The van der Waals surface area contributed by atoms with Crippen LogP contribution in [-0.4, -0.2) is 44.9 Å². The van der Waals surface area contributed by atoms with Crippen molar-refractivity contribution in [1.82, 2.24) is 19.9 Å². The molecule has 1 aliphatic heterocycles. The molecule has 1 aliphatic rings. The molecule has 9 heteroatoms. The summed E-state index contributed by atoms with van der Waals surface area (Å²) in [6.45, 7) is 4.95. The molecule has 178 valence electrons. The molecule has 6 nitrogen and oxygen atoms in total. The Hall–Kier alpha value is -3.49. The number of alkyl halides is 3. The van der Waals surface area contributed by atoms with E-state index in [0.29, 0.717) is 18.7 Å². The van der Waals surface area contributed by atoms with Gasteiger partial charge in [0, 0.05) is 42.8 Å². The first-order valence-corrected chi connectivity index (χ1v) is 11.2. The quantitative estimate of drug-likeness (QED) is 0.555. The lowest BCUT2D eigenvalue weighted by Crippen LogP contribution is -2.51. The lowest BCUT2D eigenvalue weighted by Gasteiger charge is -2.40. The number of aromatic nitrogens is 3. The number of pyridine rings is 1. The van der Waals surface area contributed by atoms with Gasteiger partial charge in [0.25, 0.3) is 5.91 Å². The first-order valence-electron chi connectivity index (χ1n) is 11.2. The number of anilines is 1. The van der Waals surface area contributed by atoms with Gasteiger partial charge in [-0.3, -0.25) is 9.78 Å². The number of nitrogens with zero attached hydrogens (tertiary/aromatic N) is 4. The van der Waals surface area contributed by atoms with Crippen molar-refractivity contribution >= 4 is 11.9 Å². The van der Waals surface area contributed by atoms with Crippen LogP contribution < -0.4 is 5.32 Å². The standard InChI is InChI=1S/C25H26F3N5O/c1-16-8-9-19(21-7-3-4-10-29-21)20(12-16)23(34)33-11-5-6-17(2)22(33)15-32-24-30-13-18(14-31-24)25(26,27)28/h3-4,7-10,12-14,17,22H,5-6,11,15H2,1-2H3,(H,30,31,32)/t17-,22-/m1/s1. The Morgan fingerprint density at radius 1 is 1.15 bits per heavy atom. The fraction of sp³-hybridized carbons (Fsp3) is 0.360. The molecule has 0 aliphatic carbocycles. The fourth-order valence-corrected chi connectivity index (χ4v) is 4.31. The lowest BCUT2D eigenvalue weighted by atomic mass is 9.89. The van der Waals surface area contributed by atoms with E-state index in [-0.39, 0.29) is 23.8 Å². The van der Waals surface area contributed by atoms with Crippen molar-refractivity contribution < 1.29 is 18.0 Å². The second-order valence-electron chi connectivity index (χ2n) is 8.62. The van der Waals surface area contributed by atoms with E-state index < -0.39 is 11.7 Å². The van der Waals surface area contributed by atoms with Crippen molar-refractivity contribution in [3.8, 4) is 11.3 Å². The summed E-state index contributed by atoms with van der Waals surface area (Å²) in [5, 5.41) is 3.02. The van der Waals surface area contributed by atoms with Crippen LogP contribution in [0.4, 0.5) is 19.1 Å². The van der Waals surface area contributed by atoms with Crippen LogP contribution in [0.1, 0.15) is 41.3 Å². The average Bonchev–Trinajstić information content (AvgIpc) is 2.83. The number of aryl methyl sites for hydroxylation is 1. The molecule has 3 heterocycles. The molecule has 1 saturated heterocycles. The summed E-state index contributed by atoms with van der Waals surface area (Å²) in [7, 11) is 0. The van der Waals surface area contributed by atoms with Gasteiger partial charge in [0.2, 0.25) is 5.95 Å². The van der Waals surface area contributed by atoms with Crippen LogP contribution in [0.25, 0.3) is 11.3 Å². The van der Waals surface area contributed by atoms with Gasteiger partial charge in [-0.15, -0.1) is 0 Å². The number of piperidine rings is 1. The lowest BCUT2D eigenvalue weighted by molar-refractivity contribution is -0.138. The first-order chi connectivity index (χ1) is 16.2. The van der Waals surface area contributed by atoms with Crippen LogP contribution in [0.15, 0.2) is 55.0 Å². The van der Waals surface area contributed by atoms with E-state index >= 15 is 0 Å². The highest BCUT2D eigenvalue weighted by molar-refractivity contribution is 6.01. The van der Waals surface area contributed by atoms with E-state index in [1.54, 1.807) is 6.20 Å². The number of carbonyl (C=O) groups is 1. The molecule has 3 aromatic rings. The van der Waals surface area contributed by atoms with Crippen molar-refractivity contribution in [2.45, 2.75) is 38.9 Å². The van der Waals surface area contributed by atoms with Gasteiger partial charge in [-0.2, -0.15) is 13.2 Å². The van der Waals surface area contributed by atoms with E-state index in [0.717, 1.165) is 42.1 Å². The van der Waals surface area contributed by atoms with Gasteiger partial charge in [0.15, 0.2) is 0 Å². The van der Waals surface area contributed by atoms with Crippen LogP contribution in [0.2, 0.25) is 0 Å². The van der Waals surface area contributed by atoms with Crippen molar-refractivity contribution in [2.24, 2.45) is 5.92 Å². The normalized spacial score (nSPS) is 18.6. The summed E-state index contributed by atoms with van der Waals surface area (Å²) in [4.78, 5) is 27.6. The number of hydrogen-bond donors (Lipinski definition) is 1. The Kier molecular flexibility index (Phi) is 6.81. The summed E-state index contributed by atoms with van der Waals surface area (Å²) in [6.07, 6.45) is 0.556. The molecule has 2 aromatic heterocycles. The predicted molar refractivity (Wildman–Crippen MR) is 123 cm³/mol. The Balaban J connectivity index is 1.57. The van der Waals surface area contributed by atoms with E-state index in [1.807, 2.05) is 48.2 Å². The Morgan fingerprint density at radius 3 is 2.59 bits per heavy atom.